The highest BCUT2D eigenvalue weighted by molar-refractivity contribution is 6.32. The van der Waals surface area contributed by atoms with Crippen LogP contribution in [0.25, 0.3) is 0 Å². The molecule has 57 heavy (non-hydrogen) atoms. The number of carbonyl (C=O) groups excluding carboxylic acids is 5. The first kappa shape index (κ1) is 37.3. The summed E-state index contributed by atoms with van der Waals surface area (Å²) in [7, 11) is 0. The second kappa shape index (κ2) is 15.3. The molecule has 3 atom stereocenters. The fraction of sp³-hybridized carbons (Fsp3) is 0.455. The molecule has 0 aromatic heterocycles. The third kappa shape index (κ3) is 7.16. The molecule has 6 aliphatic rings. The summed E-state index contributed by atoms with van der Waals surface area (Å²) in [6, 6.07) is 19.2. The van der Waals surface area contributed by atoms with Crippen LogP contribution in [0.5, 0.6) is 5.75 Å². The molecule has 1 saturated carbocycles. The number of nitrogens with one attached hydrogen (secondary N) is 1. The summed E-state index contributed by atoms with van der Waals surface area (Å²) in [5.41, 5.74) is 5.18. The van der Waals surface area contributed by atoms with Gasteiger partial charge in [-0.25, -0.2) is 0 Å². The number of ketones is 2. The quantitative estimate of drug-likeness (QED) is 0.238. The number of ether oxygens (including phenoxy) is 1. The molecule has 2 aliphatic carbocycles. The maximum Gasteiger partial charge on any atom is 0.254 e. The SMILES string of the molecule is N#Cc1ccc(OC2CCC(N3Cc4cc(N5CCN(C[C@@H]6CCN(c7ccc8c(c7)C(=O)C(C7CCC(=O)NC7=O)C8=O)C6)CC5)ccc4C3=O)CC2)cc1Cl. The fourth-order valence-corrected chi connectivity index (χ4v) is 10.1. The maximum atomic E-state index is 13.5. The lowest BCUT2D eigenvalue weighted by Crippen LogP contribution is -2.48. The lowest BCUT2D eigenvalue weighted by Gasteiger charge is -2.37. The van der Waals surface area contributed by atoms with Gasteiger partial charge in [0.05, 0.1) is 28.5 Å². The molecule has 0 spiro atoms. The smallest absolute Gasteiger partial charge is 0.254 e. The highest BCUT2D eigenvalue weighted by atomic mass is 35.5. The Morgan fingerprint density at radius 2 is 1.51 bits per heavy atom. The van der Waals surface area contributed by atoms with Crippen LogP contribution in [-0.2, 0) is 16.1 Å². The lowest BCUT2D eigenvalue weighted by molar-refractivity contribution is -0.137. The summed E-state index contributed by atoms with van der Waals surface area (Å²) < 4.78 is 6.18. The second-order valence-corrected chi connectivity index (χ2v) is 16.9. The van der Waals surface area contributed by atoms with Crippen molar-refractivity contribution in [3.63, 3.8) is 0 Å². The van der Waals surface area contributed by atoms with Crippen molar-refractivity contribution in [3.8, 4) is 11.8 Å². The van der Waals surface area contributed by atoms with E-state index in [1.807, 2.05) is 23.1 Å². The molecular formula is C44H45ClN6O6. The van der Waals surface area contributed by atoms with E-state index in [2.05, 4.69) is 38.2 Å². The summed E-state index contributed by atoms with van der Waals surface area (Å²) in [5.74, 6) is -2.13. The number of Topliss-reactive ketones (excluding diaryl/α,β-unsaturated/α-hetero) is 2. The highest BCUT2D eigenvalue weighted by Gasteiger charge is 2.48. The summed E-state index contributed by atoms with van der Waals surface area (Å²) in [4.78, 5) is 73.6. The van der Waals surface area contributed by atoms with E-state index in [1.54, 1.807) is 24.3 Å². The van der Waals surface area contributed by atoms with Crippen LogP contribution in [0.2, 0.25) is 5.02 Å². The average Bonchev–Trinajstić information content (AvgIpc) is 3.89. The van der Waals surface area contributed by atoms with Gasteiger partial charge in [-0.3, -0.25) is 34.2 Å². The van der Waals surface area contributed by atoms with Crippen molar-refractivity contribution in [2.24, 2.45) is 17.8 Å². The molecule has 3 aromatic rings. The first-order chi connectivity index (χ1) is 27.6. The van der Waals surface area contributed by atoms with E-state index in [0.717, 1.165) is 100 Å². The molecule has 4 aliphatic heterocycles. The van der Waals surface area contributed by atoms with Crippen molar-refractivity contribution in [1.29, 1.82) is 5.26 Å². The Hall–Kier alpha value is -5.25. The Morgan fingerprint density at radius 3 is 2.25 bits per heavy atom. The number of piperazine rings is 1. The number of anilines is 2. The number of imide groups is 1. The van der Waals surface area contributed by atoms with E-state index in [0.29, 0.717) is 39.9 Å². The van der Waals surface area contributed by atoms with Gasteiger partial charge < -0.3 is 19.4 Å². The minimum absolute atomic E-state index is 0.0519. The van der Waals surface area contributed by atoms with Crippen LogP contribution in [0.4, 0.5) is 11.4 Å². The van der Waals surface area contributed by atoms with Gasteiger partial charge in [0.25, 0.3) is 5.91 Å². The number of nitrogens with zero attached hydrogens (tertiary/aromatic N) is 5. The maximum absolute atomic E-state index is 13.5. The number of fused-ring (bicyclic) bond motifs is 2. The van der Waals surface area contributed by atoms with E-state index in [1.165, 1.54) is 0 Å². The Bertz CT molecular complexity index is 2200. The van der Waals surface area contributed by atoms with Crippen molar-refractivity contribution in [1.82, 2.24) is 15.1 Å². The van der Waals surface area contributed by atoms with Crippen molar-refractivity contribution in [3.05, 3.63) is 87.4 Å². The summed E-state index contributed by atoms with van der Waals surface area (Å²) in [6.45, 7) is 7.10. The Kier molecular flexibility index (Phi) is 9.99. The number of halogens is 1. The Labute approximate surface area is 336 Å². The number of piperidine rings is 1. The minimum Gasteiger partial charge on any atom is -0.490 e. The molecule has 1 N–H and O–H groups in total. The van der Waals surface area contributed by atoms with Crippen molar-refractivity contribution >= 4 is 52.3 Å². The zero-order valence-corrected chi connectivity index (χ0v) is 32.5. The molecule has 3 aromatic carbocycles. The van der Waals surface area contributed by atoms with E-state index < -0.39 is 17.7 Å². The molecule has 2 unspecified atom stereocenters. The van der Waals surface area contributed by atoms with E-state index in [4.69, 9.17) is 21.6 Å². The van der Waals surface area contributed by atoms with Crippen molar-refractivity contribution < 1.29 is 28.7 Å². The molecule has 4 heterocycles. The van der Waals surface area contributed by atoms with Crippen LogP contribution in [0.15, 0.2) is 54.6 Å². The van der Waals surface area contributed by atoms with E-state index >= 15 is 0 Å². The van der Waals surface area contributed by atoms with Gasteiger partial charge in [0.1, 0.15) is 11.8 Å². The molecule has 3 saturated heterocycles. The first-order valence-corrected chi connectivity index (χ1v) is 20.6. The molecule has 13 heteroatoms. The van der Waals surface area contributed by atoms with Gasteiger partial charge in [-0.1, -0.05) is 11.6 Å². The van der Waals surface area contributed by atoms with Crippen molar-refractivity contribution in [2.45, 2.75) is 63.6 Å². The zero-order valence-electron chi connectivity index (χ0n) is 31.8. The minimum atomic E-state index is -1.05. The molecular weight excluding hydrogens is 744 g/mol. The first-order valence-electron chi connectivity index (χ1n) is 20.2. The van der Waals surface area contributed by atoms with Gasteiger partial charge in [-0.15, -0.1) is 0 Å². The molecule has 4 fully saturated rings. The van der Waals surface area contributed by atoms with Crippen LogP contribution < -0.4 is 19.9 Å². The van der Waals surface area contributed by atoms with E-state index in [-0.39, 0.29) is 48.4 Å². The Morgan fingerprint density at radius 1 is 0.772 bits per heavy atom. The molecule has 0 bridgehead atoms. The number of carbonyl (C=O) groups is 5. The molecule has 12 nitrogen and oxygen atoms in total. The van der Waals surface area contributed by atoms with Gasteiger partial charge in [-0.2, -0.15) is 5.26 Å². The van der Waals surface area contributed by atoms with Crippen LogP contribution in [-0.4, -0.2) is 97.0 Å². The van der Waals surface area contributed by atoms with Gasteiger partial charge in [0.15, 0.2) is 11.6 Å². The van der Waals surface area contributed by atoms with Gasteiger partial charge in [0, 0.05) is 99.0 Å². The predicted octanol–water partition coefficient (Wildman–Crippen LogP) is 5.25. The number of hydrogen-bond donors (Lipinski definition) is 1. The number of nitriles is 1. The van der Waals surface area contributed by atoms with Gasteiger partial charge in [-0.05, 0) is 98.5 Å². The zero-order chi connectivity index (χ0) is 39.4. The van der Waals surface area contributed by atoms with Gasteiger partial charge in [0.2, 0.25) is 11.8 Å². The normalized spacial score (nSPS) is 26.4. The highest BCUT2D eigenvalue weighted by Crippen LogP contribution is 2.39. The van der Waals surface area contributed by atoms with Crippen LogP contribution in [0.1, 0.15) is 87.1 Å². The average molecular weight is 789 g/mol. The number of benzene rings is 3. The lowest BCUT2D eigenvalue weighted by atomic mass is 9.82. The predicted molar refractivity (Wildman–Crippen MR) is 213 cm³/mol. The molecule has 9 rings (SSSR count). The summed E-state index contributed by atoms with van der Waals surface area (Å²) >= 11 is 6.20. The third-order valence-electron chi connectivity index (χ3n) is 13.1. The number of amides is 3. The Balaban J connectivity index is 0.747. The van der Waals surface area contributed by atoms with E-state index in [9.17, 15) is 24.0 Å². The molecule has 0 radical (unpaired) electrons. The molecule has 294 valence electrons. The largest absolute Gasteiger partial charge is 0.490 e. The standard InChI is InChI=1S/C44H45ClN6O6/c45-38-21-33(6-1-27(38)22-46)57-32-7-2-29(3-8-32)51-25-28-19-30(4-9-34(28)44(51)56)49-17-15-48(16-18-49)23-26-13-14-50(24-26)31-5-10-35-37(20-31)42(54)40(41(35)53)36-11-12-39(52)47-43(36)55/h1,4-6,9-10,19-21,26,29,32,36,40H,2-3,7-8,11-18,23-25H2,(H,47,52,55)/t26-,29?,32?,36?,40?/m0/s1. The van der Waals surface area contributed by atoms with Crippen LogP contribution in [0, 0.1) is 29.1 Å². The van der Waals surface area contributed by atoms with Crippen molar-refractivity contribution in [2.75, 3.05) is 55.6 Å². The number of rotatable bonds is 8. The monoisotopic (exact) mass is 788 g/mol. The van der Waals surface area contributed by atoms with Crippen LogP contribution in [0.3, 0.4) is 0 Å². The topological polar surface area (TPSA) is 143 Å². The summed E-state index contributed by atoms with van der Waals surface area (Å²) in [6.07, 6.45) is 4.89. The summed E-state index contributed by atoms with van der Waals surface area (Å²) in [5, 5.41) is 11.8. The third-order valence-corrected chi connectivity index (χ3v) is 13.4. The fourth-order valence-electron chi connectivity index (χ4n) is 9.91. The second-order valence-electron chi connectivity index (χ2n) is 16.5. The van der Waals surface area contributed by atoms with Crippen LogP contribution >= 0.6 is 11.6 Å². The molecule has 3 amide bonds. The number of hydrogen-bond acceptors (Lipinski definition) is 10. The van der Waals surface area contributed by atoms with Gasteiger partial charge >= 0.3 is 0 Å².